The Bertz CT molecular complexity index is 615. The molecule has 2 aromatic rings. The van der Waals surface area contributed by atoms with E-state index in [1.165, 1.54) is 31.4 Å². The molecule has 2 rings (SSSR count). The van der Waals surface area contributed by atoms with Crippen molar-refractivity contribution in [3.63, 3.8) is 0 Å². The van der Waals surface area contributed by atoms with E-state index in [9.17, 15) is 13.2 Å². The summed E-state index contributed by atoms with van der Waals surface area (Å²) in [6.45, 7) is 0. The molecule has 3 N–H and O–H groups in total. The molecule has 1 aromatic heterocycles. The number of methoxy groups -OCH3 is 1. The number of hydrogen-bond acceptors (Lipinski definition) is 5. The average molecular weight is 299 g/mol. The molecule has 0 saturated carbocycles. The van der Waals surface area contributed by atoms with Crippen molar-refractivity contribution in [3.05, 3.63) is 36.4 Å². The maximum Gasteiger partial charge on any atom is 0.573 e. The summed E-state index contributed by atoms with van der Waals surface area (Å²) in [5.74, 6) is 0.405. The van der Waals surface area contributed by atoms with Crippen LogP contribution in [-0.2, 0) is 0 Å². The second-order valence-electron chi connectivity index (χ2n) is 3.99. The molecule has 0 aliphatic heterocycles. The molecule has 1 heterocycles. The average Bonchev–Trinajstić information content (AvgIpc) is 2.42. The van der Waals surface area contributed by atoms with Gasteiger partial charge in [-0.15, -0.1) is 13.2 Å². The van der Waals surface area contributed by atoms with E-state index in [1.807, 2.05) is 0 Å². The summed E-state index contributed by atoms with van der Waals surface area (Å²) < 4.78 is 44.9. The molecule has 0 bridgehead atoms. The van der Waals surface area contributed by atoms with Crippen LogP contribution in [0.4, 0.5) is 30.4 Å². The predicted octanol–water partition coefficient (Wildman–Crippen LogP) is 3.31. The number of rotatable bonds is 4. The zero-order chi connectivity index (χ0) is 15.5. The second kappa shape index (κ2) is 5.78. The van der Waals surface area contributed by atoms with Crippen LogP contribution in [0.15, 0.2) is 36.4 Å². The lowest BCUT2D eigenvalue weighted by Crippen LogP contribution is -2.17. The summed E-state index contributed by atoms with van der Waals surface area (Å²) in [4.78, 5) is 4.10. The molecular weight excluding hydrogens is 287 g/mol. The van der Waals surface area contributed by atoms with E-state index in [-0.39, 0.29) is 5.75 Å². The lowest BCUT2D eigenvalue weighted by molar-refractivity contribution is -0.274. The van der Waals surface area contributed by atoms with Crippen LogP contribution < -0.4 is 20.5 Å². The Labute approximate surface area is 118 Å². The maximum atomic E-state index is 12.0. The van der Waals surface area contributed by atoms with Crippen LogP contribution in [-0.4, -0.2) is 18.5 Å². The number of halogens is 3. The SMILES string of the molecule is COc1ccc(N)c(Nc2ccc(OC(F)(F)F)cc2)n1. The van der Waals surface area contributed by atoms with Gasteiger partial charge in [0.05, 0.1) is 12.8 Å². The van der Waals surface area contributed by atoms with Gasteiger partial charge in [-0.25, -0.2) is 0 Å². The molecule has 0 spiro atoms. The number of nitrogens with one attached hydrogen (secondary N) is 1. The maximum absolute atomic E-state index is 12.0. The predicted molar refractivity (Wildman–Crippen MR) is 71.6 cm³/mol. The van der Waals surface area contributed by atoms with E-state index in [0.717, 1.165) is 0 Å². The van der Waals surface area contributed by atoms with Gasteiger partial charge in [0.25, 0.3) is 0 Å². The fourth-order valence-electron chi connectivity index (χ4n) is 1.54. The summed E-state index contributed by atoms with van der Waals surface area (Å²) in [5, 5.41) is 2.88. The first-order chi connectivity index (χ1) is 9.87. The van der Waals surface area contributed by atoms with Gasteiger partial charge in [0.15, 0.2) is 5.82 Å². The topological polar surface area (TPSA) is 69.4 Å². The summed E-state index contributed by atoms with van der Waals surface area (Å²) in [6.07, 6.45) is -4.71. The van der Waals surface area contributed by atoms with Gasteiger partial charge in [-0.05, 0) is 30.3 Å². The molecule has 0 aliphatic rings. The van der Waals surface area contributed by atoms with Crippen molar-refractivity contribution in [1.29, 1.82) is 0 Å². The van der Waals surface area contributed by atoms with Gasteiger partial charge in [0, 0.05) is 11.8 Å². The van der Waals surface area contributed by atoms with Crippen molar-refractivity contribution in [1.82, 2.24) is 4.98 Å². The fraction of sp³-hybridized carbons (Fsp3) is 0.154. The van der Waals surface area contributed by atoms with Crippen molar-refractivity contribution in [3.8, 4) is 11.6 Å². The van der Waals surface area contributed by atoms with Gasteiger partial charge in [0.2, 0.25) is 5.88 Å². The number of benzene rings is 1. The highest BCUT2D eigenvalue weighted by molar-refractivity contribution is 5.69. The second-order valence-corrected chi connectivity index (χ2v) is 3.99. The highest BCUT2D eigenvalue weighted by atomic mass is 19.4. The van der Waals surface area contributed by atoms with Crippen LogP contribution in [0.2, 0.25) is 0 Å². The lowest BCUT2D eigenvalue weighted by atomic mass is 10.3. The van der Waals surface area contributed by atoms with E-state index < -0.39 is 6.36 Å². The molecule has 0 atom stereocenters. The molecule has 21 heavy (non-hydrogen) atoms. The quantitative estimate of drug-likeness (QED) is 0.906. The van der Waals surface area contributed by atoms with E-state index >= 15 is 0 Å². The zero-order valence-corrected chi connectivity index (χ0v) is 10.9. The first-order valence-electron chi connectivity index (χ1n) is 5.81. The number of hydrogen-bond donors (Lipinski definition) is 2. The molecule has 112 valence electrons. The van der Waals surface area contributed by atoms with Crippen molar-refractivity contribution >= 4 is 17.2 Å². The Morgan fingerprint density at radius 2 is 1.76 bits per heavy atom. The van der Waals surface area contributed by atoms with Crippen molar-refractivity contribution in [2.45, 2.75) is 6.36 Å². The Kier molecular flexibility index (Phi) is 4.06. The third kappa shape index (κ3) is 4.16. The Hall–Kier alpha value is -2.64. The van der Waals surface area contributed by atoms with Crippen LogP contribution in [0.25, 0.3) is 0 Å². The molecule has 0 radical (unpaired) electrons. The lowest BCUT2D eigenvalue weighted by Gasteiger charge is -2.11. The van der Waals surface area contributed by atoms with Crippen LogP contribution in [0.5, 0.6) is 11.6 Å². The minimum Gasteiger partial charge on any atom is -0.481 e. The third-order valence-corrected chi connectivity index (χ3v) is 2.46. The minimum absolute atomic E-state index is 0.306. The summed E-state index contributed by atoms with van der Waals surface area (Å²) in [6, 6.07) is 8.41. The molecule has 5 nitrogen and oxygen atoms in total. The minimum atomic E-state index is -4.71. The number of pyridine rings is 1. The normalized spacial score (nSPS) is 11.0. The highest BCUT2D eigenvalue weighted by Crippen LogP contribution is 2.27. The highest BCUT2D eigenvalue weighted by Gasteiger charge is 2.30. The Morgan fingerprint density at radius 1 is 1.10 bits per heavy atom. The molecule has 1 aromatic carbocycles. The zero-order valence-electron chi connectivity index (χ0n) is 10.9. The fourth-order valence-corrected chi connectivity index (χ4v) is 1.54. The van der Waals surface area contributed by atoms with Gasteiger partial charge < -0.3 is 20.5 Å². The first-order valence-corrected chi connectivity index (χ1v) is 5.81. The molecule has 0 unspecified atom stereocenters. The van der Waals surface area contributed by atoms with E-state index in [1.54, 1.807) is 12.1 Å². The van der Waals surface area contributed by atoms with Crippen molar-refractivity contribution < 1.29 is 22.6 Å². The number of nitrogens with zero attached hydrogens (tertiary/aromatic N) is 1. The number of nitrogens with two attached hydrogens (primary N) is 1. The Balaban J connectivity index is 2.13. The molecular formula is C13H12F3N3O2. The van der Waals surface area contributed by atoms with Crippen LogP contribution in [0.1, 0.15) is 0 Å². The largest absolute Gasteiger partial charge is 0.573 e. The third-order valence-electron chi connectivity index (χ3n) is 2.46. The number of ether oxygens (including phenoxy) is 2. The van der Waals surface area contributed by atoms with Crippen molar-refractivity contribution in [2.24, 2.45) is 0 Å². The summed E-state index contributed by atoms with van der Waals surface area (Å²) in [5.41, 5.74) is 6.64. The van der Waals surface area contributed by atoms with Crippen LogP contribution >= 0.6 is 0 Å². The van der Waals surface area contributed by atoms with Gasteiger partial charge in [-0.1, -0.05) is 0 Å². The molecule has 0 fully saturated rings. The van der Waals surface area contributed by atoms with E-state index in [2.05, 4.69) is 15.0 Å². The monoisotopic (exact) mass is 299 g/mol. The van der Waals surface area contributed by atoms with Gasteiger partial charge >= 0.3 is 6.36 Å². The summed E-state index contributed by atoms with van der Waals surface area (Å²) >= 11 is 0. The Morgan fingerprint density at radius 3 is 2.33 bits per heavy atom. The number of anilines is 3. The van der Waals surface area contributed by atoms with Crippen LogP contribution in [0.3, 0.4) is 0 Å². The number of alkyl halides is 3. The van der Waals surface area contributed by atoms with Gasteiger partial charge in [-0.3, -0.25) is 0 Å². The van der Waals surface area contributed by atoms with E-state index in [0.29, 0.717) is 23.1 Å². The van der Waals surface area contributed by atoms with Gasteiger partial charge in [0.1, 0.15) is 5.75 Å². The van der Waals surface area contributed by atoms with Gasteiger partial charge in [-0.2, -0.15) is 4.98 Å². The molecule has 0 amide bonds. The summed E-state index contributed by atoms with van der Waals surface area (Å²) in [7, 11) is 1.46. The van der Waals surface area contributed by atoms with E-state index in [4.69, 9.17) is 10.5 Å². The van der Waals surface area contributed by atoms with Crippen LogP contribution in [0, 0.1) is 0 Å². The first kappa shape index (κ1) is 14.8. The molecule has 0 saturated heterocycles. The number of aromatic nitrogens is 1. The molecule has 0 aliphatic carbocycles. The smallest absolute Gasteiger partial charge is 0.481 e. The standard InChI is InChI=1S/C13H12F3N3O2/c1-20-11-7-6-10(17)12(19-11)18-8-2-4-9(5-3-8)21-13(14,15)16/h2-7H,17H2,1H3,(H,18,19). The molecule has 8 heteroatoms. The number of nitrogen functional groups attached to an aromatic ring is 1. The van der Waals surface area contributed by atoms with Crippen molar-refractivity contribution in [2.75, 3.05) is 18.2 Å².